The van der Waals surface area contributed by atoms with Crippen molar-refractivity contribution in [3.63, 3.8) is 0 Å². The summed E-state index contributed by atoms with van der Waals surface area (Å²) in [5.41, 5.74) is -5.41. The first-order valence-electron chi connectivity index (χ1n) is 10.1. The lowest BCUT2D eigenvalue weighted by Gasteiger charge is -2.45. The molecule has 1 aliphatic carbocycles. The van der Waals surface area contributed by atoms with Crippen LogP contribution in [0.15, 0.2) is 53.4 Å². The molecule has 1 N–H and O–H groups in total. The van der Waals surface area contributed by atoms with Gasteiger partial charge in [0.25, 0.3) is 0 Å². The Bertz CT molecular complexity index is 1070. The maximum atomic E-state index is 14.0. The summed E-state index contributed by atoms with van der Waals surface area (Å²) < 4.78 is 48.0. The van der Waals surface area contributed by atoms with Gasteiger partial charge in [-0.15, -0.1) is 11.8 Å². The predicted octanol–water partition coefficient (Wildman–Crippen LogP) is 5.09. The molecule has 2 aromatic carbocycles. The van der Waals surface area contributed by atoms with Crippen molar-refractivity contribution in [2.75, 3.05) is 14.2 Å². The molecule has 1 fully saturated rings. The monoisotopic (exact) mass is 498 g/mol. The number of carbonyl (C=O) groups is 2. The molecule has 0 saturated heterocycles. The van der Waals surface area contributed by atoms with E-state index in [2.05, 4.69) is 4.74 Å². The molecule has 10 heteroatoms. The van der Waals surface area contributed by atoms with Crippen molar-refractivity contribution in [2.45, 2.75) is 39.3 Å². The Labute approximate surface area is 197 Å². The van der Waals surface area contributed by atoms with Crippen molar-refractivity contribution in [1.82, 2.24) is 0 Å². The smallest absolute Gasteiger partial charge is 0.443 e. The Morgan fingerprint density at radius 3 is 2.39 bits per heavy atom. The molecule has 1 saturated carbocycles. The van der Waals surface area contributed by atoms with Crippen LogP contribution in [0, 0.1) is 5.41 Å². The van der Waals surface area contributed by atoms with Crippen LogP contribution in [0.1, 0.15) is 35.3 Å². The molecule has 4 atom stereocenters. The average molecular weight is 499 g/mol. The summed E-state index contributed by atoms with van der Waals surface area (Å²) in [5, 5.41) is 10.8. The fourth-order valence-corrected chi connectivity index (χ4v) is 7.44. The Morgan fingerprint density at radius 1 is 1.12 bits per heavy atom. The van der Waals surface area contributed by atoms with Gasteiger partial charge in [-0.25, -0.2) is 0 Å². The summed E-state index contributed by atoms with van der Waals surface area (Å²) >= 11 is 0.643. The van der Waals surface area contributed by atoms with E-state index in [0.29, 0.717) is 16.9 Å². The molecule has 2 aliphatic rings. The van der Waals surface area contributed by atoms with E-state index < -0.39 is 57.0 Å². The summed E-state index contributed by atoms with van der Waals surface area (Å²) in [6.07, 6.45) is -1.90. The van der Waals surface area contributed by atoms with Gasteiger partial charge < -0.3 is 14.6 Å². The number of esters is 1. The Morgan fingerprint density at radius 2 is 1.79 bits per heavy atom. The summed E-state index contributed by atoms with van der Waals surface area (Å²) in [4.78, 5) is 27.4. The Hall–Kier alpha value is -2.17. The molecule has 5 nitrogen and oxygen atoms in total. The predicted molar refractivity (Wildman–Crippen MR) is 118 cm³/mol. The highest BCUT2D eigenvalue weighted by Crippen LogP contribution is 2.68. The van der Waals surface area contributed by atoms with Crippen molar-refractivity contribution in [3.05, 3.63) is 59.7 Å². The Balaban J connectivity index is 1.90. The first-order chi connectivity index (χ1) is 15.6. The molecule has 33 heavy (non-hydrogen) atoms. The van der Waals surface area contributed by atoms with Gasteiger partial charge in [-0.2, -0.15) is 13.2 Å². The molecule has 0 unspecified atom stereocenters. The molecule has 4 rings (SSSR count). The van der Waals surface area contributed by atoms with Crippen LogP contribution in [-0.2, 0) is 14.3 Å². The quantitative estimate of drug-likeness (QED) is 0.465. The van der Waals surface area contributed by atoms with Gasteiger partial charge in [0, 0.05) is 10.1 Å². The number of methoxy groups -OCH3 is 2. The van der Waals surface area contributed by atoms with Crippen LogP contribution in [0.25, 0.3) is 0 Å². The minimum atomic E-state index is -4.85. The highest BCUT2D eigenvalue weighted by atomic mass is 32.2. The molecular formula is C23H21F3O5S2. The molecule has 0 bridgehead atoms. The summed E-state index contributed by atoms with van der Waals surface area (Å²) in [6, 6.07) is 13.8. The molecule has 1 heterocycles. The second-order valence-electron chi connectivity index (χ2n) is 7.95. The van der Waals surface area contributed by atoms with Gasteiger partial charge in [-0.1, -0.05) is 30.3 Å². The topological polar surface area (TPSA) is 72.8 Å². The number of carbonyl (C=O) groups excluding carboxylic acids is 2. The number of benzene rings is 2. The van der Waals surface area contributed by atoms with Crippen LogP contribution >= 0.6 is 23.5 Å². The van der Waals surface area contributed by atoms with E-state index in [0.717, 1.165) is 12.0 Å². The average Bonchev–Trinajstić information content (AvgIpc) is 3.08. The number of ether oxygens (including phenoxy) is 2. The largest absolute Gasteiger partial charge is 0.497 e. The number of hydrogen-bond acceptors (Lipinski definition) is 7. The lowest BCUT2D eigenvalue weighted by molar-refractivity contribution is -0.150. The van der Waals surface area contributed by atoms with Crippen LogP contribution in [0.3, 0.4) is 0 Å². The zero-order valence-corrected chi connectivity index (χ0v) is 19.4. The van der Waals surface area contributed by atoms with Crippen LogP contribution in [-0.4, -0.2) is 41.3 Å². The standard InChI is InChI=1S/C23H21F3O5S2/c1-30-14-9-7-13(8-10-14)18-21(17(27)15-5-3-4-6-16(15)32-18)11-12-22(19(21)28,20(29)31-2)33-23(24,25)26/h3-10,17-18,27H,11-12H2,1-2H3/t17-,18-,21+,22+/m0/s1. The molecule has 0 radical (unpaired) electrons. The first-order valence-corrected chi connectivity index (χ1v) is 11.8. The van der Waals surface area contributed by atoms with Crippen molar-refractivity contribution in [1.29, 1.82) is 0 Å². The molecule has 0 aromatic heterocycles. The number of alkyl halides is 3. The van der Waals surface area contributed by atoms with Gasteiger partial charge in [0.2, 0.25) is 0 Å². The van der Waals surface area contributed by atoms with E-state index in [-0.39, 0.29) is 6.42 Å². The van der Waals surface area contributed by atoms with Gasteiger partial charge in [0.05, 0.1) is 25.7 Å². The minimum absolute atomic E-state index is 0.108. The molecule has 1 spiro atoms. The Kier molecular flexibility index (Phi) is 6.22. The van der Waals surface area contributed by atoms with E-state index in [4.69, 9.17) is 4.74 Å². The number of halogens is 3. The summed E-state index contributed by atoms with van der Waals surface area (Å²) in [6.45, 7) is 0. The van der Waals surface area contributed by atoms with E-state index in [1.807, 2.05) is 0 Å². The maximum absolute atomic E-state index is 14.0. The van der Waals surface area contributed by atoms with Crippen molar-refractivity contribution < 1.29 is 37.3 Å². The molecule has 0 amide bonds. The third-order valence-electron chi connectivity index (χ3n) is 6.32. The van der Waals surface area contributed by atoms with Crippen molar-refractivity contribution in [3.8, 4) is 5.75 Å². The van der Waals surface area contributed by atoms with Gasteiger partial charge >= 0.3 is 11.5 Å². The second kappa shape index (κ2) is 8.56. The number of rotatable bonds is 4. The summed E-state index contributed by atoms with van der Waals surface area (Å²) in [5.74, 6) is -1.64. The minimum Gasteiger partial charge on any atom is -0.497 e. The van der Waals surface area contributed by atoms with E-state index in [1.165, 1.54) is 18.9 Å². The molecule has 1 aliphatic heterocycles. The number of aliphatic hydroxyl groups excluding tert-OH is 1. The third kappa shape index (κ3) is 3.81. The number of thioether (sulfide) groups is 2. The van der Waals surface area contributed by atoms with E-state index >= 15 is 0 Å². The van der Waals surface area contributed by atoms with Crippen LogP contribution in [0.2, 0.25) is 0 Å². The number of Topliss-reactive ketones (excluding diaryl/α,β-unsaturated/α-hetero) is 1. The number of hydrogen-bond donors (Lipinski definition) is 1. The third-order valence-corrected chi connectivity index (χ3v) is 9.01. The van der Waals surface area contributed by atoms with Crippen LogP contribution in [0.4, 0.5) is 13.2 Å². The number of ketones is 1. The maximum Gasteiger partial charge on any atom is 0.443 e. The van der Waals surface area contributed by atoms with E-state index in [9.17, 15) is 27.9 Å². The zero-order chi connectivity index (χ0) is 24.0. The first kappa shape index (κ1) is 24.0. The zero-order valence-electron chi connectivity index (χ0n) is 17.7. The SMILES string of the molecule is COC(=O)[C@@]1(SC(F)(F)F)CC[C@@]2(C1=O)[C@@H](O)c1ccccc1S[C@H]2c1ccc(OC)cc1. The molecular weight excluding hydrogens is 477 g/mol. The van der Waals surface area contributed by atoms with Gasteiger partial charge in [-0.3, -0.25) is 9.59 Å². The lowest BCUT2D eigenvalue weighted by Crippen LogP contribution is -2.51. The molecule has 176 valence electrons. The van der Waals surface area contributed by atoms with Crippen LogP contribution in [0.5, 0.6) is 5.75 Å². The number of fused-ring (bicyclic) bond motifs is 1. The molecule has 2 aromatic rings. The highest BCUT2D eigenvalue weighted by molar-refractivity contribution is 8.03. The fraction of sp³-hybridized carbons (Fsp3) is 0.391. The normalized spacial score (nSPS) is 29.1. The highest BCUT2D eigenvalue weighted by Gasteiger charge is 2.70. The fourth-order valence-electron chi connectivity index (χ4n) is 4.80. The van der Waals surface area contributed by atoms with E-state index in [1.54, 1.807) is 48.5 Å². The van der Waals surface area contributed by atoms with Gasteiger partial charge in [0.1, 0.15) is 5.75 Å². The van der Waals surface area contributed by atoms with Crippen LogP contribution < -0.4 is 4.74 Å². The number of aliphatic hydroxyl groups is 1. The lowest BCUT2D eigenvalue weighted by atomic mass is 9.70. The summed E-state index contributed by atoms with van der Waals surface area (Å²) in [7, 11) is 2.47. The van der Waals surface area contributed by atoms with Gasteiger partial charge in [0.15, 0.2) is 10.5 Å². The van der Waals surface area contributed by atoms with Gasteiger partial charge in [-0.05, 0) is 53.9 Å². The van der Waals surface area contributed by atoms with Crippen molar-refractivity contribution in [2.24, 2.45) is 5.41 Å². The van der Waals surface area contributed by atoms with Crippen molar-refractivity contribution >= 4 is 35.3 Å². The second-order valence-corrected chi connectivity index (χ2v) is 10.5.